The Bertz CT molecular complexity index is 390. The van der Waals surface area contributed by atoms with E-state index in [9.17, 15) is 25.0 Å². The Morgan fingerprint density at radius 3 is 2.36 bits per heavy atom. The maximum atomic E-state index is 10.3. The van der Waals surface area contributed by atoms with Gasteiger partial charge in [0.2, 0.25) is 4.79 Å². The fraction of sp³-hybridized carbons (Fsp3) is 0. The summed E-state index contributed by atoms with van der Waals surface area (Å²) in [5, 5.41) is 33.0. The van der Waals surface area contributed by atoms with E-state index in [1.165, 1.54) is 0 Å². The molecule has 11 nitrogen and oxygen atoms in total. The Balaban J connectivity index is 3.42. The second-order valence-corrected chi connectivity index (χ2v) is 1.95. The molecule has 1 heterocycles. The largest absolute Gasteiger partial charge is 0.476 e. The molecule has 0 aliphatic heterocycles. The molecule has 0 unspecified atom stereocenters. The van der Waals surface area contributed by atoms with Gasteiger partial charge in [-0.05, 0) is 4.92 Å². The van der Waals surface area contributed by atoms with E-state index in [2.05, 4.69) is 10.3 Å². The van der Waals surface area contributed by atoms with Crippen molar-refractivity contribution in [3.05, 3.63) is 25.9 Å². The molecule has 0 aliphatic rings. The second kappa shape index (κ2) is 3.04. The average Bonchev–Trinajstić information content (AvgIpc) is 2.46. The van der Waals surface area contributed by atoms with Crippen molar-refractivity contribution in [3.8, 4) is 0 Å². The molecule has 0 radical (unpaired) electrons. The molecule has 0 aromatic carbocycles. The molecule has 74 valence electrons. The van der Waals surface area contributed by atoms with Crippen molar-refractivity contribution in [2.24, 2.45) is 0 Å². The van der Waals surface area contributed by atoms with Gasteiger partial charge in [0.1, 0.15) is 0 Å². The van der Waals surface area contributed by atoms with Crippen LogP contribution >= 0.6 is 0 Å². The molecule has 1 aromatic heterocycles. The summed E-state index contributed by atoms with van der Waals surface area (Å²) in [6, 6.07) is 0. The summed E-state index contributed by atoms with van der Waals surface area (Å²) >= 11 is 0. The van der Waals surface area contributed by atoms with E-state index in [0.29, 0.717) is 0 Å². The molecular formula is C3HN5O6. The molecule has 0 spiro atoms. The van der Waals surface area contributed by atoms with Gasteiger partial charge in [0.15, 0.2) is 5.03 Å². The predicted octanol–water partition coefficient (Wildman–Crippen LogP) is -1.08. The molecule has 14 heavy (non-hydrogen) atoms. The molecule has 0 saturated carbocycles. The topological polar surface area (TPSA) is 154 Å². The minimum Gasteiger partial charge on any atom is -0.476 e. The maximum Gasteiger partial charge on any atom is 0.456 e. The van der Waals surface area contributed by atoms with Crippen molar-refractivity contribution in [1.29, 1.82) is 0 Å². The van der Waals surface area contributed by atoms with E-state index in [4.69, 9.17) is 5.11 Å². The minimum atomic E-state index is -1.76. The number of hydrogen-bond acceptors (Lipinski definition) is 7. The predicted molar refractivity (Wildman–Crippen MR) is 36.0 cm³/mol. The van der Waals surface area contributed by atoms with Crippen molar-refractivity contribution in [1.82, 2.24) is 15.1 Å². The lowest BCUT2D eigenvalue weighted by Crippen LogP contribution is -2.14. The standard InChI is InChI=1S/C3HN5O6/c9-3(10)1-2(7(11)12)6(5-4-1)8(13)14/h(H,9,10). The van der Waals surface area contributed by atoms with Gasteiger partial charge in [-0.1, -0.05) is 0 Å². The Kier molecular flexibility index (Phi) is 2.06. The first-order valence-electron chi connectivity index (χ1n) is 2.93. The first kappa shape index (κ1) is 9.50. The van der Waals surface area contributed by atoms with E-state index in [-0.39, 0.29) is 4.79 Å². The van der Waals surface area contributed by atoms with E-state index in [1.54, 1.807) is 0 Å². The van der Waals surface area contributed by atoms with Gasteiger partial charge in [0, 0.05) is 5.10 Å². The van der Waals surface area contributed by atoms with Crippen LogP contribution in [0.25, 0.3) is 0 Å². The van der Waals surface area contributed by atoms with Gasteiger partial charge in [-0.3, -0.25) is 0 Å². The van der Waals surface area contributed by atoms with Crippen LogP contribution in [-0.2, 0) is 0 Å². The minimum absolute atomic E-state index is 0.316. The summed E-state index contributed by atoms with van der Waals surface area (Å²) in [5.74, 6) is -3.05. The number of aromatic carboxylic acids is 1. The van der Waals surface area contributed by atoms with Crippen LogP contribution in [0.4, 0.5) is 5.82 Å². The van der Waals surface area contributed by atoms with Crippen LogP contribution in [0.15, 0.2) is 0 Å². The molecule has 0 saturated heterocycles. The van der Waals surface area contributed by atoms with Crippen LogP contribution in [0.2, 0.25) is 0 Å². The van der Waals surface area contributed by atoms with Gasteiger partial charge in [-0.25, -0.2) is 4.79 Å². The van der Waals surface area contributed by atoms with Crippen LogP contribution in [0.5, 0.6) is 0 Å². The summed E-state index contributed by atoms with van der Waals surface area (Å²) in [5.41, 5.74) is -1.08. The number of nitrogens with zero attached hydrogens (tertiary/aromatic N) is 5. The first-order valence-corrected chi connectivity index (χ1v) is 2.93. The van der Waals surface area contributed by atoms with Crippen molar-refractivity contribution < 1.29 is 19.9 Å². The van der Waals surface area contributed by atoms with Gasteiger partial charge in [0.25, 0.3) is 5.21 Å². The highest BCUT2D eigenvalue weighted by atomic mass is 16.7. The zero-order valence-electron chi connectivity index (χ0n) is 6.22. The smallest absolute Gasteiger partial charge is 0.456 e. The molecule has 0 bridgehead atoms. The Hall–Kier alpha value is -2.59. The summed E-state index contributed by atoms with van der Waals surface area (Å²) in [4.78, 5) is 29.1. The summed E-state index contributed by atoms with van der Waals surface area (Å²) in [6.07, 6.45) is 0. The zero-order chi connectivity index (χ0) is 10.9. The Labute approximate surface area is 73.8 Å². The van der Waals surface area contributed by atoms with E-state index in [1.807, 2.05) is 0 Å². The molecule has 1 aromatic rings. The van der Waals surface area contributed by atoms with E-state index < -0.39 is 27.4 Å². The number of hydrogen-bond donors (Lipinski definition) is 1. The van der Waals surface area contributed by atoms with Crippen LogP contribution in [-0.4, -0.2) is 36.1 Å². The summed E-state index contributed by atoms with van der Waals surface area (Å²) in [7, 11) is 0. The molecule has 0 amide bonds. The number of aromatic nitrogens is 3. The SMILES string of the molecule is O=C(O)c1nnn([N+](=O)[O-])c1[N+](=O)[O-]. The van der Waals surface area contributed by atoms with Gasteiger partial charge in [0.05, 0.1) is 0 Å². The lowest BCUT2D eigenvalue weighted by atomic mass is 10.4. The third kappa shape index (κ3) is 1.33. The van der Waals surface area contributed by atoms with Gasteiger partial charge in [-0.15, -0.1) is 0 Å². The van der Waals surface area contributed by atoms with Crippen LogP contribution in [0, 0.1) is 20.2 Å². The fourth-order valence-electron chi connectivity index (χ4n) is 0.677. The normalized spacial score (nSPS) is 9.71. The highest BCUT2D eigenvalue weighted by Crippen LogP contribution is 2.14. The molecule has 11 heteroatoms. The summed E-state index contributed by atoms with van der Waals surface area (Å²) < 4.78 is 0. The van der Waals surface area contributed by atoms with Crippen molar-refractivity contribution in [2.75, 3.05) is 0 Å². The lowest BCUT2D eigenvalue weighted by Gasteiger charge is -1.90. The molecule has 0 fully saturated rings. The van der Waals surface area contributed by atoms with Crippen molar-refractivity contribution in [3.63, 3.8) is 0 Å². The van der Waals surface area contributed by atoms with Gasteiger partial charge < -0.3 is 25.3 Å². The van der Waals surface area contributed by atoms with Crippen LogP contribution in [0.3, 0.4) is 0 Å². The summed E-state index contributed by atoms with van der Waals surface area (Å²) in [6.45, 7) is 0. The quantitative estimate of drug-likeness (QED) is 0.480. The third-order valence-electron chi connectivity index (χ3n) is 1.16. The van der Waals surface area contributed by atoms with E-state index in [0.717, 1.165) is 0 Å². The fourth-order valence-corrected chi connectivity index (χ4v) is 0.677. The Morgan fingerprint density at radius 1 is 1.43 bits per heavy atom. The highest BCUT2D eigenvalue weighted by molar-refractivity contribution is 5.88. The van der Waals surface area contributed by atoms with Crippen LogP contribution < -0.4 is 0 Å². The van der Waals surface area contributed by atoms with Crippen molar-refractivity contribution >= 4 is 11.8 Å². The van der Waals surface area contributed by atoms with Crippen molar-refractivity contribution in [2.45, 2.75) is 0 Å². The molecule has 0 atom stereocenters. The van der Waals surface area contributed by atoms with E-state index >= 15 is 0 Å². The monoisotopic (exact) mass is 203 g/mol. The maximum absolute atomic E-state index is 10.3. The first-order chi connectivity index (χ1) is 6.45. The van der Waals surface area contributed by atoms with Gasteiger partial charge >= 0.3 is 17.5 Å². The van der Waals surface area contributed by atoms with Gasteiger partial charge in [-0.2, -0.15) is 0 Å². The number of carboxylic acid groups (broad SMARTS) is 1. The number of rotatable bonds is 3. The zero-order valence-corrected chi connectivity index (χ0v) is 6.22. The van der Waals surface area contributed by atoms with Crippen LogP contribution in [0.1, 0.15) is 10.5 Å². The molecule has 0 aliphatic carbocycles. The molecular weight excluding hydrogens is 202 g/mol. The molecule has 1 N–H and O–H groups in total. The number of carboxylic acids is 1. The highest BCUT2D eigenvalue weighted by Gasteiger charge is 2.37. The Morgan fingerprint density at radius 2 is 2.00 bits per heavy atom. The second-order valence-electron chi connectivity index (χ2n) is 1.95. The lowest BCUT2D eigenvalue weighted by molar-refractivity contribution is -0.570. The number of nitro groups is 2. The average molecular weight is 203 g/mol. The number of carbonyl (C=O) groups is 1. The molecule has 1 rings (SSSR count). The third-order valence-corrected chi connectivity index (χ3v) is 1.16.